The van der Waals surface area contributed by atoms with Crippen molar-refractivity contribution in [3.8, 4) is 0 Å². The number of nitrogens with zero attached hydrogens (tertiary/aromatic N) is 2. The van der Waals surface area contributed by atoms with E-state index in [1.807, 2.05) is 18.2 Å². The minimum Gasteiger partial charge on any atom is -0.369 e. The van der Waals surface area contributed by atoms with E-state index in [1.165, 1.54) is 12.1 Å². The molecule has 1 aromatic rings. The highest BCUT2D eigenvalue weighted by atomic mass is 16.2. The summed E-state index contributed by atoms with van der Waals surface area (Å²) >= 11 is 0. The molecule has 1 saturated carbocycles. The number of rotatable bonds is 4. The number of hydrogen-bond donors (Lipinski definition) is 2. The van der Waals surface area contributed by atoms with Gasteiger partial charge < -0.3 is 10.2 Å². The number of carbonyl (C=O) groups is 2. The Kier molecular flexibility index (Phi) is 6.28. The van der Waals surface area contributed by atoms with Gasteiger partial charge in [0, 0.05) is 37.9 Å². The number of urea groups is 1. The van der Waals surface area contributed by atoms with Crippen LogP contribution in [-0.2, 0) is 4.79 Å². The molecule has 6 heteroatoms. The van der Waals surface area contributed by atoms with Crippen molar-refractivity contribution < 1.29 is 9.59 Å². The Balaban J connectivity index is 1.36. The first-order valence-corrected chi connectivity index (χ1v) is 9.33. The van der Waals surface area contributed by atoms with Crippen LogP contribution in [0.4, 0.5) is 10.5 Å². The standard InChI is InChI=1S/C19H28N4O2/c24-18(21-19(25)20-16-7-3-1-4-8-16)15-22-11-13-23(14-12-22)17-9-5-2-6-10-17/h2,5-6,9-10,16H,1,3-4,7-8,11-15H2,(H2,20,21,24,25). The molecule has 1 aromatic carbocycles. The molecule has 25 heavy (non-hydrogen) atoms. The first-order valence-electron chi connectivity index (χ1n) is 9.33. The molecule has 2 N–H and O–H groups in total. The molecule has 3 amide bonds. The molecule has 2 fully saturated rings. The van der Waals surface area contributed by atoms with Gasteiger partial charge in [0.2, 0.25) is 5.91 Å². The summed E-state index contributed by atoms with van der Waals surface area (Å²) in [4.78, 5) is 28.4. The smallest absolute Gasteiger partial charge is 0.321 e. The van der Waals surface area contributed by atoms with Gasteiger partial charge in [-0.1, -0.05) is 37.5 Å². The summed E-state index contributed by atoms with van der Waals surface area (Å²) in [6.07, 6.45) is 5.59. The van der Waals surface area contributed by atoms with Gasteiger partial charge in [-0.05, 0) is 25.0 Å². The second-order valence-electron chi connectivity index (χ2n) is 6.96. The Bertz CT molecular complexity index is 564. The molecule has 0 aromatic heterocycles. The molecule has 1 heterocycles. The predicted molar refractivity (Wildman–Crippen MR) is 98.6 cm³/mol. The minimum atomic E-state index is -0.347. The number of nitrogens with one attached hydrogen (secondary N) is 2. The molecule has 0 spiro atoms. The highest BCUT2D eigenvalue weighted by molar-refractivity contribution is 5.95. The van der Waals surface area contributed by atoms with Gasteiger partial charge in [-0.3, -0.25) is 15.0 Å². The van der Waals surface area contributed by atoms with Crippen LogP contribution in [0.5, 0.6) is 0 Å². The summed E-state index contributed by atoms with van der Waals surface area (Å²) in [6.45, 7) is 3.72. The second-order valence-corrected chi connectivity index (χ2v) is 6.96. The van der Waals surface area contributed by atoms with Gasteiger partial charge in [-0.2, -0.15) is 0 Å². The van der Waals surface area contributed by atoms with Crippen LogP contribution in [0, 0.1) is 0 Å². The van der Waals surface area contributed by atoms with Crippen molar-refractivity contribution in [3.63, 3.8) is 0 Å². The Morgan fingerprint density at radius 3 is 2.32 bits per heavy atom. The van der Waals surface area contributed by atoms with Crippen LogP contribution in [0.15, 0.2) is 30.3 Å². The summed E-state index contributed by atoms with van der Waals surface area (Å²) < 4.78 is 0. The zero-order chi connectivity index (χ0) is 17.5. The lowest BCUT2D eigenvalue weighted by Crippen LogP contribution is -2.52. The molecule has 0 radical (unpaired) electrons. The van der Waals surface area contributed by atoms with Crippen molar-refractivity contribution in [3.05, 3.63) is 30.3 Å². The van der Waals surface area contributed by atoms with Gasteiger partial charge in [-0.25, -0.2) is 4.79 Å². The van der Waals surface area contributed by atoms with Gasteiger partial charge in [0.1, 0.15) is 0 Å². The van der Waals surface area contributed by atoms with E-state index in [0.717, 1.165) is 51.9 Å². The number of amides is 3. The van der Waals surface area contributed by atoms with Gasteiger partial charge in [-0.15, -0.1) is 0 Å². The van der Waals surface area contributed by atoms with Crippen molar-refractivity contribution in [1.29, 1.82) is 0 Å². The summed E-state index contributed by atoms with van der Waals surface area (Å²) in [5.74, 6) is -0.221. The zero-order valence-corrected chi connectivity index (χ0v) is 14.7. The third-order valence-corrected chi connectivity index (χ3v) is 5.05. The van der Waals surface area contributed by atoms with Gasteiger partial charge in [0.25, 0.3) is 0 Å². The van der Waals surface area contributed by atoms with E-state index in [9.17, 15) is 9.59 Å². The van der Waals surface area contributed by atoms with Crippen molar-refractivity contribution in [2.24, 2.45) is 0 Å². The number of carbonyl (C=O) groups excluding carboxylic acids is 2. The number of piperazine rings is 1. The van der Waals surface area contributed by atoms with Crippen LogP contribution in [0.3, 0.4) is 0 Å². The highest BCUT2D eigenvalue weighted by Gasteiger charge is 2.21. The SMILES string of the molecule is O=C(CN1CCN(c2ccccc2)CC1)NC(=O)NC1CCCCC1. The highest BCUT2D eigenvalue weighted by Crippen LogP contribution is 2.17. The number of anilines is 1. The number of imide groups is 1. The van der Waals surface area contributed by atoms with Gasteiger partial charge in [0.15, 0.2) is 0 Å². The molecule has 3 rings (SSSR count). The zero-order valence-electron chi connectivity index (χ0n) is 14.7. The molecule has 2 aliphatic rings. The molecular weight excluding hydrogens is 316 g/mol. The maximum Gasteiger partial charge on any atom is 0.321 e. The fourth-order valence-corrected chi connectivity index (χ4v) is 3.64. The van der Waals surface area contributed by atoms with E-state index in [4.69, 9.17) is 0 Å². The van der Waals surface area contributed by atoms with Crippen LogP contribution in [-0.4, -0.2) is 55.6 Å². The Morgan fingerprint density at radius 2 is 1.64 bits per heavy atom. The molecule has 1 saturated heterocycles. The Hall–Kier alpha value is -2.08. The van der Waals surface area contributed by atoms with Crippen molar-refractivity contribution >= 4 is 17.6 Å². The lowest BCUT2D eigenvalue weighted by Gasteiger charge is -2.35. The molecule has 0 atom stereocenters. The van der Waals surface area contributed by atoms with Gasteiger partial charge in [0.05, 0.1) is 6.54 Å². The van der Waals surface area contributed by atoms with Crippen molar-refractivity contribution in [2.75, 3.05) is 37.6 Å². The van der Waals surface area contributed by atoms with Crippen LogP contribution >= 0.6 is 0 Å². The fourth-order valence-electron chi connectivity index (χ4n) is 3.64. The number of para-hydroxylation sites is 1. The molecule has 1 aliphatic carbocycles. The van der Waals surface area contributed by atoms with Crippen LogP contribution < -0.4 is 15.5 Å². The van der Waals surface area contributed by atoms with E-state index < -0.39 is 0 Å². The lowest BCUT2D eigenvalue weighted by molar-refractivity contribution is -0.121. The van der Waals surface area contributed by atoms with E-state index in [-0.39, 0.29) is 24.5 Å². The number of benzene rings is 1. The Morgan fingerprint density at radius 1 is 0.960 bits per heavy atom. The van der Waals surface area contributed by atoms with Crippen molar-refractivity contribution in [2.45, 2.75) is 38.1 Å². The second kappa shape index (κ2) is 8.85. The maximum atomic E-state index is 12.1. The average Bonchev–Trinajstić information content (AvgIpc) is 2.63. The maximum absolute atomic E-state index is 12.1. The molecule has 1 aliphatic heterocycles. The third kappa shape index (κ3) is 5.46. The van der Waals surface area contributed by atoms with Gasteiger partial charge >= 0.3 is 6.03 Å². The topological polar surface area (TPSA) is 64.7 Å². The minimum absolute atomic E-state index is 0.218. The average molecular weight is 344 g/mol. The monoisotopic (exact) mass is 344 g/mol. The third-order valence-electron chi connectivity index (χ3n) is 5.05. The quantitative estimate of drug-likeness (QED) is 0.876. The van der Waals surface area contributed by atoms with E-state index >= 15 is 0 Å². The predicted octanol–water partition coefficient (Wildman–Crippen LogP) is 1.97. The van der Waals surface area contributed by atoms with E-state index in [0.29, 0.717) is 0 Å². The molecule has 0 bridgehead atoms. The van der Waals surface area contributed by atoms with Crippen molar-refractivity contribution in [1.82, 2.24) is 15.5 Å². The largest absolute Gasteiger partial charge is 0.369 e. The Labute approximate surface area is 149 Å². The first-order chi connectivity index (χ1) is 12.2. The summed E-state index contributed by atoms with van der Waals surface area (Å²) in [5, 5.41) is 5.39. The molecule has 136 valence electrons. The van der Waals surface area contributed by atoms with Crippen LogP contribution in [0.1, 0.15) is 32.1 Å². The summed E-state index contributed by atoms with van der Waals surface area (Å²) in [5.41, 5.74) is 1.22. The fraction of sp³-hybridized carbons (Fsp3) is 0.579. The van der Waals surface area contributed by atoms with E-state index in [2.05, 4.69) is 32.6 Å². The molecule has 0 unspecified atom stereocenters. The summed E-state index contributed by atoms with van der Waals surface area (Å²) in [7, 11) is 0. The lowest BCUT2D eigenvalue weighted by atomic mass is 9.96. The number of hydrogen-bond acceptors (Lipinski definition) is 4. The summed E-state index contributed by atoms with van der Waals surface area (Å²) in [6, 6.07) is 10.2. The normalized spacial score (nSPS) is 19.4. The molecular formula is C19H28N4O2. The van der Waals surface area contributed by atoms with Crippen LogP contribution in [0.2, 0.25) is 0 Å². The van der Waals surface area contributed by atoms with E-state index in [1.54, 1.807) is 0 Å². The first kappa shape index (κ1) is 17.7. The van der Waals surface area contributed by atoms with Crippen LogP contribution in [0.25, 0.3) is 0 Å². The molecule has 6 nitrogen and oxygen atoms in total.